The maximum absolute atomic E-state index is 13.8. The molecule has 0 unspecified atom stereocenters. The van der Waals surface area contributed by atoms with Crippen LogP contribution in [0.2, 0.25) is 0 Å². The fourth-order valence-electron chi connectivity index (χ4n) is 7.30. The number of allylic oxidation sites excluding steroid dienone is 2. The zero-order chi connectivity index (χ0) is 26.5. The number of alkyl halides is 5. The Hall–Kier alpha value is -0.730. The molecule has 1 saturated heterocycles. The molecule has 0 spiro atoms. The Labute approximate surface area is 218 Å². The number of ether oxygens (including phenoxy) is 3. The highest BCUT2D eigenvalue weighted by Crippen LogP contribution is 2.45. The first kappa shape index (κ1) is 29.3. The van der Waals surface area contributed by atoms with Crippen LogP contribution in [0, 0.1) is 41.4 Å². The third-order valence-electron chi connectivity index (χ3n) is 9.53. The van der Waals surface area contributed by atoms with E-state index in [1.807, 2.05) is 0 Å². The monoisotopic (exact) mass is 536 g/mol. The fourth-order valence-corrected chi connectivity index (χ4v) is 7.30. The molecule has 3 nitrogen and oxygen atoms in total. The summed E-state index contributed by atoms with van der Waals surface area (Å²) in [6.45, 7) is 3.89. The van der Waals surface area contributed by atoms with Gasteiger partial charge in [-0.2, -0.15) is 8.78 Å². The Kier molecular flexibility index (Phi) is 10.3. The molecule has 0 aromatic heterocycles. The van der Waals surface area contributed by atoms with Crippen LogP contribution in [0.25, 0.3) is 0 Å². The van der Waals surface area contributed by atoms with Crippen molar-refractivity contribution in [2.24, 2.45) is 41.4 Å². The lowest BCUT2D eigenvalue weighted by Gasteiger charge is -2.41. The standard InChI is InChI=1S/C29H45F5O3/c1-2-3-22-18-35-27(36-19-22)25-14-12-24(13-15-25)23-10-6-20(7-11-23)4-5-21-8-16-26(17-9-21)28(30,31)37-29(32,33)34/h4-5,20-27H,2-3,6-19H2,1H3/b5-4+. The molecule has 0 atom stereocenters. The van der Waals surface area contributed by atoms with E-state index in [4.69, 9.17) is 9.47 Å². The Morgan fingerprint density at radius 3 is 1.62 bits per heavy atom. The van der Waals surface area contributed by atoms with Crippen LogP contribution >= 0.6 is 0 Å². The fraction of sp³-hybridized carbons (Fsp3) is 0.931. The summed E-state index contributed by atoms with van der Waals surface area (Å²) < 4.78 is 79.6. The third-order valence-corrected chi connectivity index (χ3v) is 9.53. The van der Waals surface area contributed by atoms with Gasteiger partial charge in [0.2, 0.25) is 0 Å². The number of rotatable bonds is 8. The minimum atomic E-state index is -5.31. The van der Waals surface area contributed by atoms with Crippen molar-refractivity contribution >= 4 is 0 Å². The van der Waals surface area contributed by atoms with Gasteiger partial charge in [-0.05, 0) is 107 Å². The van der Waals surface area contributed by atoms with Crippen molar-refractivity contribution in [1.82, 2.24) is 0 Å². The average Bonchev–Trinajstić information content (AvgIpc) is 2.87. The van der Waals surface area contributed by atoms with Crippen LogP contribution in [0.3, 0.4) is 0 Å². The predicted molar refractivity (Wildman–Crippen MR) is 132 cm³/mol. The SMILES string of the molecule is CCCC1COC(C2CCC(C3CCC(/C=C/C4CCC(C(F)(F)OC(F)(F)F)CC4)CC3)CC2)OC1. The molecule has 37 heavy (non-hydrogen) atoms. The molecule has 4 rings (SSSR count). The summed E-state index contributed by atoms with van der Waals surface area (Å²) >= 11 is 0. The molecule has 0 aromatic carbocycles. The van der Waals surface area contributed by atoms with E-state index in [9.17, 15) is 22.0 Å². The molecule has 4 fully saturated rings. The van der Waals surface area contributed by atoms with Crippen LogP contribution in [-0.2, 0) is 14.2 Å². The number of hydrogen-bond acceptors (Lipinski definition) is 3. The molecule has 0 amide bonds. The van der Waals surface area contributed by atoms with Crippen LogP contribution in [0.4, 0.5) is 22.0 Å². The van der Waals surface area contributed by atoms with Gasteiger partial charge in [-0.25, -0.2) is 4.74 Å². The predicted octanol–water partition coefficient (Wildman–Crippen LogP) is 8.88. The first-order valence-electron chi connectivity index (χ1n) is 14.7. The zero-order valence-corrected chi connectivity index (χ0v) is 22.2. The molecular weight excluding hydrogens is 491 g/mol. The largest absolute Gasteiger partial charge is 0.527 e. The molecular formula is C29H45F5O3. The Morgan fingerprint density at radius 2 is 1.14 bits per heavy atom. The highest BCUT2D eigenvalue weighted by atomic mass is 19.4. The molecule has 3 aliphatic carbocycles. The summed E-state index contributed by atoms with van der Waals surface area (Å²) in [7, 11) is 0. The Morgan fingerprint density at radius 1 is 0.676 bits per heavy atom. The first-order valence-corrected chi connectivity index (χ1v) is 14.7. The molecule has 8 heteroatoms. The van der Waals surface area contributed by atoms with E-state index >= 15 is 0 Å². The Bertz CT molecular complexity index is 695. The molecule has 214 valence electrons. The van der Waals surface area contributed by atoms with Gasteiger partial charge in [0.05, 0.1) is 19.1 Å². The molecule has 3 saturated carbocycles. The lowest BCUT2D eigenvalue weighted by molar-refractivity contribution is -0.438. The second-order valence-electron chi connectivity index (χ2n) is 12.1. The number of halogens is 5. The summed E-state index contributed by atoms with van der Waals surface area (Å²) in [4.78, 5) is 0. The maximum Gasteiger partial charge on any atom is 0.527 e. The van der Waals surface area contributed by atoms with Crippen molar-refractivity contribution in [2.45, 2.75) is 116 Å². The lowest BCUT2D eigenvalue weighted by Crippen LogP contribution is -2.39. The normalized spacial score (nSPS) is 38.6. The van der Waals surface area contributed by atoms with Gasteiger partial charge in [-0.15, -0.1) is 13.2 Å². The molecule has 4 aliphatic rings. The summed E-state index contributed by atoms with van der Waals surface area (Å²) in [6, 6.07) is 0. The van der Waals surface area contributed by atoms with E-state index in [0.29, 0.717) is 30.6 Å². The first-order chi connectivity index (χ1) is 17.6. The van der Waals surface area contributed by atoms with Crippen LogP contribution in [0.15, 0.2) is 12.2 Å². The number of hydrogen-bond donors (Lipinski definition) is 0. The van der Waals surface area contributed by atoms with Gasteiger partial charge in [0.1, 0.15) is 0 Å². The van der Waals surface area contributed by atoms with Gasteiger partial charge in [0.15, 0.2) is 6.29 Å². The van der Waals surface area contributed by atoms with Gasteiger partial charge in [0.25, 0.3) is 0 Å². The highest BCUT2D eigenvalue weighted by Gasteiger charge is 2.50. The minimum absolute atomic E-state index is 0.00612. The summed E-state index contributed by atoms with van der Waals surface area (Å²) in [5.41, 5.74) is 0. The summed E-state index contributed by atoms with van der Waals surface area (Å²) in [5.74, 6) is 2.02. The highest BCUT2D eigenvalue weighted by molar-refractivity contribution is 4.97. The van der Waals surface area contributed by atoms with Gasteiger partial charge in [-0.1, -0.05) is 25.5 Å². The maximum atomic E-state index is 13.8. The van der Waals surface area contributed by atoms with E-state index in [1.165, 1.54) is 64.2 Å². The van der Waals surface area contributed by atoms with E-state index in [0.717, 1.165) is 25.0 Å². The van der Waals surface area contributed by atoms with Crippen molar-refractivity contribution in [3.63, 3.8) is 0 Å². The zero-order valence-electron chi connectivity index (χ0n) is 22.2. The smallest absolute Gasteiger partial charge is 0.352 e. The van der Waals surface area contributed by atoms with Gasteiger partial charge in [0, 0.05) is 11.8 Å². The van der Waals surface area contributed by atoms with Crippen LogP contribution in [0.1, 0.15) is 96.8 Å². The average molecular weight is 537 g/mol. The molecule has 1 aliphatic heterocycles. The van der Waals surface area contributed by atoms with Crippen LogP contribution in [0.5, 0.6) is 0 Å². The second-order valence-corrected chi connectivity index (χ2v) is 12.1. The van der Waals surface area contributed by atoms with E-state index < -0.39 is 18.4 Å². The Balaban J connectivity index is 1.12. The summed E-state index contributed by atoms with van der Waals surface area (Å²) in [6.07, 6.45) is 8.15. The third kappa shape index (κ3) is 8.63. The van der Waals surface area contributed by atoms with E-state index in [2.05, 4.69) is 23.8 Å². The van der Waals surface area contributed by atoms with Crippen molar-refractivity contribution in [3.8, 4) is 0 Å². The molecule has 0 bridgehead atoms. The van der Waals surface area contributed by atoms with Crippen molar-refractivity contribution in [2.75, 3.05) is 13.2 Å². The van der Waals surface area contributed by atoms with E-state index in [1.54, 1.807) is 0 Å². The van der Waals surface area contributed by atoms with Crippen molar-refractivity contribution in [1.29, 1.82) is 0 Å². The molecule has 0 radical (unpaired) electrons. The quantitative estimate of drug-likeness (QED) is 0.229. The van der Waals surface area contributed by atoms with Crippen molar-refractivity contribution < 1.29 is 36.2 Å². The lowest BCUT2D eigenvalue weighted by atomic mass is 9.69. The topological polar surface area (TPSA) is 27.7 Å². The summed E-state index contributed by atoms with van der Waals surface area (Å²) in [5, 5.41) is 0. The van der Waals surface area contributed by atoms with Crippen LogP contribution in [-0.4, -0.2) is 32.0 Å². The van der Waals surface area contributed by atoms with Gasteiger partial charge < -0.3 is 9.47 Å². The van der Waals surface area contributed by atoms with Crippen LogP contribution < -0.4 is 0 Å². The van der Waals surface area contributed by atoms with E-state index in [-0.39, 0.29) is 25.0 Å². The van der Waals surface area contributed by atoms with Gasteiger partial charge in [-0.3, -0.25) is 0 Å². The van der Waals surface area contributed by atoms with Gasteiger partial charge >= 0.3 is 12.5 Å². The second kappa shape index (κ2) is 13.1. The van der Waals surface area contributed by atoms with Crippen molar-refractivity contribution in [3.05, 3.63) is 12.2 Å². The molecule has 1 heterocycles. The molecule has 0 N–H and O–H groups in total. The molecule has 0 aromatic rings. The minimum Gasteiger partial charge on any atom is -0.352 e.